The number of sulfonamides is 1. The number of ether oxygens (including phenoxy) is 1. The van der Waals surface area contributed by atoms with Gasteiger partial charge in [0, 0.05) is 6.54 Å². The number of nitrogens with zero attached hydrogens (tertiary/aromatic N) is 1. The Kier molecular flexibility index (Phi) is 5.63. The summed E-state index contributed by atoms with van der Waals surface area (Å²) in [5.41, 5.74) is 0. The lowest BCUT2D eigenvalue weighted by atomic mass is 10.2. The van der Waals surface area contributed by atoms with E-state index in [0.29, 0.717) is 4.31 Å². The number of para-hydroxylation sites is 1. The second-order valence-corrected chi connectivity index (χ2v) is 6.86. The molecule has 8 heteroatoms. The molecule has 0 saturated carbocycles. The zero-order chi connectivity index (χ0) is 16.3. The number of hydrogen-bond donors (Lipinski definition) is 0. The summed E-state index contributed by atoms with van der Waals surface area (Å²) >= 11 is 0. The van der Waals surface area contributed by atoms with Crippen LogP contribution >= 0.6 is 0 Å². The minimum absolute atomic E-state index is 0.0217. The van der Waals surface area contributed by atoms with Crippen LogP contribution in [0.4, 0.5) is 13.2 Å². The fraction of sp³-hybridized carbons (Fsp3) is 0.538. The van der Waals surface area contributed by atoms with Crippen molar-refractivity contribution in [3.63, 3.8) is 0 Å². The highest BCUT2D eigenvalue weighted by Gasteiger charge is 2.38. The predicted octanol–water partition coefficient (Wildman–Crippen LogP) is 2.90. The summed E-state index contributed by atoms with van der Waals surface area (Å²) in [5.74, 6) is -0.217. The molecule has 0 bridgehead atoms. The first-order valence-corrected chi connectivity index (χ1v) is 7.72. The molecule has 0 spiro atoms. The summed E-state index contributed by atoms with van der Waals surface area (Å²) in [5, 5.41) is 0. The van der Waals surface area contributed by atoms with Crippen LogP contribution < -0.4 is 4.74 Å². The van der Waals surface area contributed by atoms with Gasteiger partial charge in [-0.05, 0) is 18.1 Å². The van der Waals surface area contributed by atoms with Gasteiger partial charge in [-0.15, -0.1) is 0 Å². The van der Waals surface area contributed by atoms with E-state index in [1.807, 2.05) is 0 Å². The van der Waals surface area contributed by atoms with E-state index in [0.717, 1.165) is 0 Å². The maximum Gasteiger partial charge on any atom is 0.402 e. The van der Waals surface area contributed by atoms with Crippen molar-refractivity contribution in [3.05, 3.63) is 24.3 Å². The van der Waals surface area contributed by atoms with Crippen LogP contribution in [0.15, 0.2) is 29.2 Å². The molecule has 1 aromatic carbocycles. The molecule has 0 radical (unpaired) electrons. The summed E-state index contributed by atoms with van der Waals surface area (Å²) in [6.45, 7) is 1.56. The van der Waals surface area contributed by atoms with Gasteiger partial charge in [0.1, 0.15) is 17.2 Å². The normalized spacial score (nSPS) is 13.0. The largest absolute Gasteiger partial charge is 0.495 e. The first-order valence-electron chi connectivity index (χ1n) is 6.28. The van der Waals surface area contributed by atoms with Crippen molar-refractivity contribution in [2.45, 2.75) is 24.9 Å². The molecule has 0 heterocycles. The third-order valence-electron chi connectivity index (χ3n) is 2.61. The van der Waals surface area contributed by atoms with Gasteiger partial charge in [0.25, 0.3) is 0 Å². The van der Waals surface area contributed by atoms with E-state index in [4.69, 9.17) is 4.74 Å². The van der Waals surface area contributed by atoms with Crippen molar-refractivity contribution in [2.24, 2.45) is 5.92 Å². The Morgan fingerprint density at radius 2 is 1.81 bits per heavy atom. The summed E-state index contributed by atoms with van der Waals surface area (Å²) in [6.07, 6.45) is -4.61. The maximum atomic E-state index is 12.6. The molecule has 21 heavy (non-hydrogen) atoms. The Bertz CT molecular complexity index is 570. The smallest absolute Gasteiger partial charge is 0.402 e. The molecule has 0 saturated heterocycles. The van der Waals surface area contributed by atoms with Crippen LogP contribution in [0.3, 0.4) is 0 Å². The molecular formula is C13H18F3NO3S. The Morgan fingerprint density at radius 1 is 1.24 bits per heavy atom. The molecule has 0 unspecified atom stereocenters. The molecule has 0 aromatic heterocycles. The van der Waals surface area contributed by atoms with E-state index in [1.165, 1.54) is 25.3 Å². The molecule has 0 N–H and O–H groups in total. The highest BCUT2D eigenvalue weighted by atomic mass is 32.2. The van der Waals surface area contributed by atoms with E-state index in [-0.39, 0.29) is 23.1 Å². The topological polar surface area (TPSA) is 46.6 Å². The number of rotatable bonds is 6. The fourth-order valence-corrected chi connectivity index (χ4v) is 3.57. The molecule has 1 aromatic rings. The number of halogens is 3. The summed E-state index contributed by atoms with van der Waals surface area (Å²) in [7, 11) is -3.02. The average Bonchev–Trinajstić information content (AvgIpc) is 2.35. The van der Waals surface area contributed by atoms with Crippen molar-refractivity contribution < 1.29 is 26.3 Å². The summed E-state index contributed by atoms with van der Waals surface area (Å²) < 4.78 is 68.3. The highest BCUT2D eigenvalue weighted by molar-refractivity contribution is 7.89. The minimum Gasteiger partial charge on any atom is -0.495 e. The fourth-order valence-electron chi connectivity index (χ4n) is 1.83. The van der Waals surface area contributed by atoms with Crippen LogP contribution in [0.25, 0.3) is 0 Å². The zero-order valence-corrected chi connectivity index (χ0v) is 12.8. The van der Waals surface area contributed by atoms with Gasteiger partial charge in [-0.3, -0.25) is 0 Å². The summed E-state index contributed by atoms with van der Waals surface area (Å²) in [4.78, 5) is -0.266. The van der Waals surface area contributed by atoms with E-state index >= 15 is 0 Å². The molecule has 0 aliphatic carbocycles. The Hall–Kier alpha value is -1.28. The lowest BCUT2D eigenvalue weighted by Crippen LogP contribution is -2.41. The second-order valence-electron chi connectivity index (χ2n) is 4.96. The van der Waals surface area contributed by atoms with Gasteiger partial charge in [0.15, 0.2) is 0 Å². The molecule has 0 aliphatic rings. The van der Waals surface area contributed by atoms with E-state index in [1.54, 1.807) is 19.9 Å². The Morgan fingerprint density at radius 3 is 2.29 bits per heavy atom. The number of benzene rings is 1. The Labute approximate surface area is 122 Å². The third-order valence-corrected chi connectivity index (χ3v) is 4.46. The molecule has 1 rings (SSSR count). The van der Waals surface area contributed by atoms with Crippen LogP contribution in [0.1, 0.15) is 13.8 Å². The van der Waals surface area contributed by atoms with E-state index in [2.05, 4.69) is 0 Å². The van der Waals surface area contributed by atoms with Gasteiger partial charge < -0.3 is 4.74 Å². The molecule has 120 valence electrons. The van der Waals surface area contributed by atoms with E-state index < -0.39 is 22.7 Å². The zero-order valence-electron chi connectivity index (χ0n) is 12.0. The van der Waals surface area contributed by atoms with Crippen molar-refractivity contribution in [3.8, 4) is 5.75 Å². The molecule has 0 atom stereocenters. The van der Waals surface area contributed by atoms with Gasteiger partial charge in [-0.1, -0.05) is 26.0 Å². The summed E-state index contributed by atoms with van der Waals surface area (Å²) in [6, 6.07) is 5.62. The molecule has 0 aliphatic heterocycles. The monoisotopic (exact) mass is 325 g/mol. The van der Waals surface area contributed by atoms with Gasteiger partial charge in [0.05, 0.1) is 7.11 Å². The number of hydrogen-bond acceptors (Lipinski definition) is 3. The van der Waals surface area contributed by atoms with Crippen LogP contribution in [0.2, 0.25) is 0 Å². The number of methoxy groups -OCH3 is 1. The van der Waals surface area contributed by atoms with Gasteiger partial charge in [-0.25, -0.2) is 8.42 Å². The van der Waals surface area contributed by atoms with Crippen LogP contribution in [-0.2, 0) is 10.0 Å². The molecule has 4 nitrogen and oxygen atoms in total. The first kappa shape index (κ1) is 17.8. The average molecular weight is 325 g/mol. The van der Waals surface area contributed by atoms with Gasteiger partial charge in [0.2, 0.25) is 10.0 Å². The van der Waals surface area contributed by atoms with Gasteiger partial charge >= 0.3 is 6.18 Å². The lowest BCUT2D eigenvalue weighted by Gasteiger charge is -2.25. The van der Waals surface area contributed by atoms with Crippen molar-refractivity contribution in [1.82, 2.24) is 4.31 Å². The second kappa shape index (κ2) is 6.65. The van der Waals surface area contributed by atoms with Crippen LogP contribution in [-0.4, -0.2) is 39.1 Å². The first-order chi connectivity index (χ1) is 9.58. The predicted molar refractivity (Wildman–Crippen MR) is 72.6 cm³/mol. The maximum absolute atomic E-state index is 12.6. The lowest BCUT2D eigenvalue weighted by molar-refractivity contribution is -0.136. The van der Waals surface area contributed by atoms with Crippen molar-refractivity contribution in [1.29, 1.82) is 0 Å². The van der Waals surface area contributed by atoms with Crippen LogP contribution in [0, 0.1) is 5.92 Å². The molecular weight excluding hydrogens is 307 g/mol. The van der Waals surface area contributed by atoms with Crippen LogP contribution in [0.5, 0.6) is 5.75 Å². The molecule has 0 fully saturated rings. The number of alkyl halides is 3. The van der Waals surface area contributed by atoms with Crippen molar-refractivity contribution in [2.75, 3.05) is 20.2 Å². The van der Waals surface area contributed by atoms with Gasteiger partial charge in [-0.2, -0.15) is 17.5 Å². The quantitative estimate of drug-likeness (QED) is 0.808. The van der Waals surface area contributed by atoms with E-state index in [9.17, 15) is 21.6 Å². The standard InChI is InChI=1S/C13H18F3NO3S/c1-10(2)8-17(9-13(14,15)16)21(18,19)12-7-5-4-6-11(12)20-3/h4-7,10H,8-9H2,1-3H3. The van der Waals surface area contributed by atoms with Crippen molar-refractivity contribution >= 4 is 10.0 Å². The Balaban J connectivity index is 3.26. The third kappa shape index (κ3) is 4.89. The highest BCUT2D eigenvalue weighted by Crippen LogP contribution is 2.29. The molecule has 0 amide bonds. The minimum atomic E-state index is -4.61. The SMILES string of the molecule is COc1ccccc1S(=O)(=O)N(CC(C)C)CC(F)(F)F.